The second kappa shape index (κ2) is 10.1. The second-order valence-electron chi connectivity index (χ2n) is 6.70. The summed E-state index contributed by atoms with van der Waals surface area (Å²) in [6, 6.07) is 7.07. The molecule has 6 nitrogen and oxygen atoms in total. The molecule has 2 aromatic carbocycles. The van der Waals surface area contributed by atoms with Gasteiger partial charge in [-0.25, -0.2) is 13.8 Å². The molecule has 0 atom stereocenters. The minimum absolute atomic E-state index is 0.0000261. The van der Waals surface area contributed by atoms with E-state index in [1.165, 1.54) is 30.5 Å². The molecule has 3 aromatic rings. The van der Waals surface area contributed by atoms with E-state index < -0.39 is 36.6 Å². The van der Waals surface area contributed by atoms with E-state index >= 15 is 0 Å². The zero-order chi connectivity index (χ0) is 23.3. The number of Topliss-reactive ketones (excluding diaryl/α,β-unsaturated/α-hetero) is 1. The van der Waals surface area contributed by atoms with Gasteiger partial charge in [0, 0.05) is 12.5 Å². The number of aryl methyl sites for hydroxylation is 2. The van der Waals surface area contributed by atoms with Crippen LogP contribution in [0.2, 0.25) is 0 Å². The number of esters is 1. The number of ketones is 1. The van der Waals surface area contributed by atoms with Crippen molar-refractivity contribution in [1.82, 2.24) is 4.98 Å². The van der Waals surface area contributed by atoms with Crippen molar-refractivity contribution >= 4 is 11.8 Å². The molecule has 0 aliphatic heterocycles. The third-order valence-corrected chi connectivity index (χ3v) is 4.31. The number of benzene rings is 2. The number of rotatable bonds is 9. The molecule has 0 bridgehead atoms. The molecule has 0 spiro atoms. The Balaban J connectivity index is 1.55. The molecule has 0 radical (unpaired) electrons. The number of carbonyl (C=O) groups excluding carboxylic acids is 2. The number of ether oxygens (including phenoxy) is 2. The number of halogens is 4. The van der Waals surface area contributed by atoms with Gasteiger partial charge in [0.25, 0.3) is 0 Å². The SMILES string of the molecule is Cc1ccc(OC(F)F)c(C(=O)COC(=O)CCc2ncc(-c3ccc(F)cc3F)o2)c1. The van der Waals surface area contributed by atoms with Gasteiger partial charge in [-0.3, -0.25) is 9.59 Å². The van der Waals surface area contributed by atoms with E-state index in [0.717, 1.165) is 6.07 Å². The minimum atomic E-state index is -3.11. The number of hydrogen-bond donors (Lipinski definition) is 0. The first-order valence-electron chi connectivity index (χ1n) is 9.37. The van der Waals surface area contributed by atoms with Crippen LogP contribution in [0.4, 0.5) is 17.6 Å². The van der Waals surface area contributed by atoms with Gasteiger partial charge in [0.2, 0.25) is 5.78 Å². The van der Waals surface area contributed by atoms with Gasteiger partial charge in [0.1, 0.15) is 17.4 Å². The highest BCUT2D eigenvalue weighted by molar-refractivity contribution is 6.00. The Morgan fingerprint density at radius 2 is 1.91 bits per heavy atom. The van der Waals surface area contributed by atoms with Gasteiger partial charge in [-0.15, -0.1) is 0 Å². The van der Waals surface area contributed by atoms with Crippen LogP contribution >= 0.6 is 0 Å². The molecule has 0 fully saturated rings. The summed E-state index contributed by atoms with van der Waals surface area (Å²) in [5, 5.41) is 0. The van der Waals surface area contributed by atoms with Gasteiger partial charge < -0.3 is 13.9 Å². The maximum Gasteiger partial charge on any atom is 0.387 e. The second-order valence-corrected chi connectivity index (χ2v) is 6.70. The molecule has 10 heteroatoms. The molecule has 0 unspecified atom stereocenters. The van der Waals surface area contributed by atoms with Gasteiger partial charge in [0.15, 0.2) is 18.3 Å². The Labute approximate surface area is 179 Å². The zero-order valence-corrected chi connectivity index (χ0v) is 16.7. The first-order chi connectivity index (χ1) is 15.2. The van der Waals surface area contributed by atoms with Gasteiger partial charge in [0.05, 0.1) is 23.7 Å². The average Bonchev–Trinajstić information content (AvgIpc) is 3.20. The molecule has 0 aliphatic rings. The Morgan fingerprint density at radius 1 is 1.12 bits per heavy atom. The fourth-order valence-corrected chi connectivity index (χ4v) is 2.81. The first kappa shape index (κ1) is 23.0. The van der Waals surface area contributed by atoms with Crippen molar-refractivity contribution in [2.75, 3.05) is 6.61 Å². The normalized spacial score (nSPS) is 10.9. The molecule has 0 saturated heterocycles. The third-order valence-electron chi connectivity index (χ3n) is 4.31. The van der Waals surface area contributed by atoms with Crippen molar-refractivity contribution in [3.05, 3.63) is 71.2 Å². The largest absolute Gasteiger partial charge is 0.457 e. The van der Waals surface area contributed by atoms with E-state index in [2.05, 4.69) is 9.72 Å². The molecule has 0 saturated carbocycles. The van der Waals surface area contributed by atoms with Crippen molar-refractivity contribution in [1.29, 1.82) is 0 Å². The van der Waals surface area contributed by atoms with Crippen molar-refractivity contribution < 1.29 is 41.0 Å². The topological polar surface area (TPSA) is 78.6 Å². The van der Waals surface area contributed by atoms with E-state index in [9.17, 15) is 27.2 Å². The Kier molecular flexibility index (Phi) is 7.24. The van der Waals surface area contributed by atoms with E-state index in [1.54, 1.807) is 6.92 Å². The molecule has 168 valence electrons. The monoisotopic (exact) mass is 451 g/mol. The standard InChI is InChI=1S/C22H17F4NO5/c1-12-2-5-18(32-22(25)26)15(8-12)17(28)11-30-21(29)7-6-20-27-10-19(31-20)14-4-3-13(23)9-16(14)24/h2-5,8-10,22H,6-7,11H2,1H3. The molecule has 0 N–H and O–H groups in total. The highest BCUT2D eigenvalue weighted by atomic mass is 19.3. The van der Waals surface area contributed by atoms with Crippen LogP contribution in [0.15, 0.2) is 47.0 Å². The predicted octanol–water partition coefficient (Wildman–Crippen LogP) is 4.89. The molecular weight excluding hydrogens is 434 g/mol. The van der Waals surface area contributed by atoms with Crippen molar-refractivity contribution in [2.45, 2.75) is 26.4 Å². The van der Waals surface area contributed by atoms with Crippen LogP contribution in [-0.4, -0.2) is 30.0 Å². The molecule has 3 rings (SSSR count). The zero-order valence-electron chi connectivity index (χ0n) is 16.7. The van der Waals surface area contributed by atoms with Crippen LogP contribution in [0.25, 0.3) is 11.3 Å². The van der Waals surface area contributed by atoms with Crippen LogP contribution in [0.1, 0.15) is 28.2 Å². The number of hydrogen-bond acceptors (Lipinski definition) is 6. The van der Waals surface area contributed by atoms with E-state index in [4.69, 9.17) is 9.15 Å². The fourth-order valence-electron chi connectivity index (χ4n) is 2.81. The minimum Gasteiger partial charge on any atom is -0.457 e. The first-order valence-corrected chi connectivity index (χ1v) is 9.37. The number of carbonyl (C=O) groups is 2. The molecule has 0 aliphatic carbocycles. The highest BCUT2D eigenvalue weighted by Crippen LogP contribution is 2.25. The predicted molar refractivity (Wildman–Crippen MR) is 103 cm³/mol. The van der Waals surface area contributed by atoms with Crippen molar-refractivity contribution in [3.63, 3.8) is 0 Å². The van der Waals surface area contributed by atoms with Crippen LogP contribution < -0.4 is 4.74 Å². The lowest BCUT2D eigenvalue weighted by Gasteiger charge is -2.11. The molecule has 32 heavy (non-hydrogen) atoms. The van der Waals surface area contributed by atoms with E-state index in [1.807, 2.05) is 0 Å². The van der Waals surface area contributed by atoms with Crippen LogP contribution in [0.5, 0.6) is 5.75 Å². The fraction of sp³-hybridized carbons (Fsp3) is 0.227. The van der Waals surface area contributed by atoms with Gasteiger partial charge >= 0.3 is 12.6 Å². The maximum atomic E-state index is 13.8. The lowest BCUT2D eigenvalue weighted by Crippen LogP contribution is -2.16. The summed E-state index contributed by atoms with van der Waals surface area (Å²) >= 11 is 0. The summed E-state index contributed by atoms with van der Waals surface area (Å²) in [6.45, 7) is -2.11. The van der Waals surface area contributed by atoms with Crippen LogP contribution in [0.3, 0.4) is 0 Å². The van der Waals surface area contributed by atoms with E-state index in [0.29, 0.717) is 11.6 Å². The third kappa shape index (κ3) is 5.93. The lowest BCUT2D eigenvalue weighted by molar-refractivity contribution is -0.142. The van der Waals surface area contributed by atoms with Gasteiger partial charge in [-0.2, -0.15) is 8.78 Å². The smallest absolute Gasteiger partial charge is 0.387 e. The number of oxazole rings is 1. The van der Waals surface area contributed by atoms with Crippen LogP contribution in [0, 0.1) is 18.6 Å². The average molecular weight is 451 g/mol. The van der Waals surface area contributed by atoms with E-state index in [-0.39, 0.29) is 41.4 Å². The van der Waals surface area contributed by atoms with Crippen molar-refractivity contribution in [3.8, 4) is 17.1 Å². The number of alkyl halides is 2. The molecular formula is C22H17F4NO5. The summed E-state index contributed by atoms with van der Waals surface area (Å²) < 4.78 is 66.5. The quantitative estimate of drug-likeness (QED) is 0.262. The summed E-state index contributed by atoms with van der Waals surface area (Å²) in [6.07, 6.45) is 1.04. The Morgan fingerprint density at radius 3 is 2.62 bits per heavy atom. The molecule has 1 heterocycles. The Hall–Kier alpha value is -3.69. The summed E-state index contributed by atoms with van der Waals surface area (Å²) in [5.74, 6) is -3.16. The number of nitrogens with zero attached hydrogens (tertiary/aromatic N) is 1. The summed E-state index contributed by atoms with van der Waals surface area (Å²) in [5.41, 5.74) is 0.522. The van der Waals surface area contributed by atoms with Crippen LogP contribution in [-0.2, 0) is 16.0 Å². The van der Waals surface area contributed by atoms with Crippen molar-refractivity contribution in [2.24, 2.45) is 0 Å². The summed E-state index contributed by atoms with van der Waals surface area (Å²) in [7, 11) is 0. The Bertz CT molecular complexity index is 1130. The van der Waals surface area contributed by atoms with Gasteiger partial charge in [-0.1, -0.05) is 11.6 Å². The lowest BCUT2D eigenvalue weighted by atomic mass is 10.1. The summed E-state index contributed by atoms with van der Waals surface area (Å²) in [4.78, 5) is 28.2. The highest BCUT2D eigenvalue weighted by Gasteiger charge is 2.18. The maximum absolute atomic E-state index is 13.8. The molecule has 1 aromatic heterocycles. The molecule has 0 amide bonds. The van der Waals surface area contributed by atoms with Gasteiger partial charge in [-0.05, 0) is 31.2 Å². The number of aromatic nitrogens is 1.